The van der Waals surface area contributed by atoms with Crippen molar-refractivity contribution in [3.63, 3.8) is 0 Å². The molecule has 0 fully saturated rings. The number of aliphatic hydroxyl groups is 2. The SMILES string of the molecule is [CH2]CCN(C(C)O)C(C)O. The molecular formula is C7H16NO2. The van der Waals surface area contributed by atoms with Gasteiger partial charge >= 0.3 is 0 Å². The van der Waals surface area contributed by atoms with Crippen LogP contribution in [0.4, 0.5) is 0 Å². The van der Waals surface area contributed by atoms with Crippen LogP contribution in [-0.4, -0.2) is 34.1 Å². The predicted molar refractivity (Wildman–Crippen MR) is 40.0 cm³/mol. The third kappa shape index (κ3) is 3.15. The van der Waals surface area contributed by atoms with E-state index in [0.29, 0.717) is 13.0 Å². The van der Waals surface area contributed by atoms with Crippen LogP contribution in [0.5, 0.6) is 0 Å². The molecule has 0 aliphatic heterocycles. The van der Waals surface area contributed by atoms with Gasteiger partial charge in [0.25, 0.3) is 0 Å². The second-order valence-electron chi connectivity index (χ2n) is 2.36. The molecule has 61 valence electrons. The van der Waals surface area contributed by atoms with Crippen molar-refractivity contribution in [1.29, 1.82) is 0 Å². The minimum atomic E-state index is -0.596. The summed E-state index contributed by atoms with van der Waals surface area (Å²) in [7, 11) is 0. The van der Waals surface area contributed by atoms with Gasteiger partial charge in [-0.15, -0.1) is 0 Å². The van der Waals surface area contributed by atoms with Crippen LogP contribution >= 0.6 is 0 Å². The first kappa shape index (κ1) is 9.88. The summed E-state index contributed by atoms with van der Waals surface area (Å²) in [4.78, 5) is 1.56. The highest BCUT2D eigenvalue weighted by Crippen LogP contribution is 2.00. The van der Waals surface area contributed by atoms with Crippen LogP contribution in [-0.2, 0) is 0 Å². The zero-order valence-corrected chi connectivity index (χ0v) is 6.62. The zero-order valence-electron chi connectivity index (χ0n) is 6.62. The lowest BCUT2D eigenvalue weighted by Crippen LogP contribution is -2.40. The van der Waals surface area contributed by atoms with Crippen LogP contribution in [0.1, 0.15) is 20.3 Å². The molecule has 0 bridgehead atoms. The number of hydrogen-bond acceptors (Lipinski definition) is 3. The van der Waals surface area contributed by atoms with E-state index in [0.717, 1.165) is 0 Å². The second-order valence-corrected chi connectivity index (χ2v) is 2.36. The highest BCUT2D eigenvalue weighted by molar-refractivity contribution is 4.59. The molecule has 0 saturated heterocycles. The van der Waals surface area contributed by atoms with Gasteiger partial charge in [0.1, 0.15) is 12.5 Å². The first-order valence-corrected chi connectivity index (χ1v) is 3.50. The molecule has 0 aliphatic rings. The Hall–Kier alpha value is -0.120. The average Bonchev–Trinajstić information content (AvgIpc) is 1.81. The highest BCUT2D eigenvalue weighted by Gasteiger charge is 2.13. The van der Waals surface area contributed by atoms with Crippen molar-refractivity contribution in [3.05, 3.63) is 6.92 Å². The Balaban J connectivity index is 3.73. The standard InChI is InChI=1S/C7H16NO2/c1-4-5-8(6(2)9)7(3)10/h6-7,9-10H,1,4-5H2,2-3H3. The van der Waals surface area contributed by atoms with Crippen molar-refractivity contribution >= 4 is 0 Å². The van der Waals surface area contributed by atoms with Crippen molar-refractivity contribution in [1.82, 2.24) is 4.90 Å². The Morgan fingerprint density at radius 3 is 1.80 bits per heavy atom. The Morgan fingerprint density at radius 1 is 1.30 bits per heavy atom. The Kier molecular flexibility index (Phi) is 4.60. The lowest BCUT2D eigenvalue weighted by molar-refractivity contribution is -0.0828. The summed E-state index contributed by atoms with van der Waals surface area (Å²) in [6, 6.07) is 0. The van der Waals surface area contributed by atoms with E-state index in [2.05, 4.69) is 6.92 Å². The minimum absolute atomic E-state index is 0.596. The molecule has 1 radical (unpaired) electrons. The molecule has 0 aromatic carbocycles. The Morgan fingerprint density at radius 2 is 1.70 bits per heavy atom. The van der Waals surface area contributed by atoms with E-state index in [9.17, 15) is 0 Å². The van der Waals surface area contributed by atoms with E-state index < -0.39 is 12.5 Å². The first-order valence-electron chi connectivity index (χ1n) is 3.50. The molecule has 0 heterocycles. The molecule has 0 aromatic rings. The number of rotatable bonds is 4. The molecule has 2 atom stereocenters. The lowest BCUT2D eigenvalue weighted by atomic mass is 10.4. The summed E-state index contributed by atoms with van der Waals surface area (Å²) in [6.07, 6.45) is -0.501. The van der Waals surface area contributed by atoms with E-state index in [1.165, 1.54) is 0 Å². The Bertz CT molecular complexity index is 75.7. The quantitative estimate of drug-likeness (QED) is 0.556. The second kappa shape index (κ2) is 4.66. The van der Waals surface area contributed by atoms with E-state index in [4.69, 9.17) is 10.2 Å². The zero-order chi connectivity index (χ0) is 8.15. The third-order valence-electron chi connectivity index (χ3n) is 1.38. The van der Waals surface area contributed by atoms with Gasteiger partial charge in [-0.25, -0.2) is 0 Å². The molecule has 0 rings (SSSR count). The molecule has 0 saturated carbocycles. The lowest BCUT2D eigenvalue weighted by Gasteiger charge is -2.27. The predicted octanol–water partition coefficient (Wildman–Crippen LogP) is 0.189. The molecule has 0 amide bonds. The van der Waals surface area contributed by atoms with Crippen LogP contribution in [0, 0.1) is 6.92 Å². The summed E-state index contributed by atoms with van der Waals surface area (Å²) in [5.41, 5.74) is 0. The van der Waals surface area contributed by atoms with Crippen molar-refractivity contribution in [2.75, 3.05) is 6.54 Å². The molecular weight excluding hydrogens is 130 g/mol. The molecule has 2 unspecified atom stereocenters. The van der Waals surface area contributed by atoms with Gasteiger partial charge < -0.3 is 10.2 Å². The summed E-state index contributed by atoms with van der Waals surface area (Å²) in [5, 5.41) is 18.1. The average molecular weight is 146 g/mol. The molecule has 0 aromatic heterocycles. The van der Waals surface area contributed by atoms with Crippen LogP contribution in [0.25, 0.3) is 0 Å². The Labute approximate surface area is 62.3 Å². The molecule has 2 N–H and O–H groups in total. The highest BCUT2D eigenvalue weighted by atomic mass is 16.3. The fraction of sp³-hybridized carbons (Fsp3) is 0.857. The third-order valence-corrected chi connectivity index (χ3v) is 1.38. The molecule has 3 nitrogen and oxygen atoms in total. The van der Waals surface area contributed by atoms with E-state index in [1.807, 2.05) is 0 Å². The maximum atomic E-state index is 9.05. The summed E-state index contributed by atoms with van der Waals surface area (Å²) >= 11 is 0. The van der Waals surface area contributed by atoms with E-state index in [-0.39, 0.29) is 0 Å². The summed E-state index contributed by atoms with van der Waals surface area (Å²) < 4.78 is 0. The van der Waals surface area contributed by atoms with E-state index in [1.54, 1.807) is 18.7 Å². The van der Waals surface area contributed by atoms with Crippen molar-refractivity contribution < 1.29 is 10.2 Å². The summed E-state index contributed by atoms with van der Waals surface area (Å²) in [6.45, 7) is 7.50. The largest absolute Gasteiger partial charge is 0.379 e. The van der Waals surface area contributed by atoms with Gasteiger partial charge in [0.2, 0.25) is 0 Å². The molecule has 3 heteroatoms. The van der Waals surface area contributed by atoms with Crippen molar-refractivity contribution in [3.8, 4) is 0 Å². The first-order chi connectivity index (χ1) is 4.59. The van der Waals surface area contributed by atoms with E-state index >= 15 is 0 Å². The van der Waals surface area contributed by atoms with Gasteiger partial charge in [-0.1, -0.05) is 6.92 Å². The van der Waals surface area contributed by atoms with Gasteiger partial charge in [-0.2, -0.15) is 0 Å². The van der Waals surface area contributed by atoms with Crippen molar-refractivity contribution in [2.45, 2.75) is 32.7 Å². The monoisotopic (exact) mass is 146 g/mol. The topological polar surface area (TPSA) is 43.7 Å². The van der Waals surface area contributed by atoms with Gasteiger partial charge in [0.15, 0.2) is 0 Å². The maximum absolute atomic E-state index is 9.05. The number of hydrogen-bond donors (Lipinski definition) is 2. The number of nitrogens with zero attached hydrogens (tertiary/aromatic N) is 1. The van der Waals surface area contributed by atoms with Gasteiger partial charge in [-0.05, 0) is 20.3 Å². The smallest absolute Gasteiger partial charge is 0.106 e. The number of aliphatic hydroxyl groups excluding tert-OH is 2. The van der Waals surface area contributed by atoms with Crippen molar-refractivity contribution in [2.24, 2.45) is 0 Å². The fourth-order valence-corrected chi connectivity index (χ4v) is 0.868. The van der Waals surface area contributed by atoms with Crippen LogP contribution < -0.4 is 0 Å². The maximum Gasteiger partial charge on any atom is 0.106 e. The van der Waals surface area contributed by atoms with Gasteiger partial charge in [0.05, 0.1) is 0 Å². The minimum Gasteiger partial charge on any atom is -0.379 e. The molecule has 0 aliphatic carbocycles. The van der Waals surface area contributed by atoms with Gasteiger partial charge in [0, 0.05) is 6.54 Å². The normalized spacial score (nSPS) is 17.4. The van der Waals surface area contributed by atoms with Crippen LogP contribution in [0.15, 0.2) is 0 Å². The van der Waals surface area contributed by atoms with Crippen LogP contribution in [0.2, 0.25) is 0 Å². The summed E-state index contributed by atoms with van der Waals surface area (Å²) in [5.74, 6) is 0. The molecule has 10 heavy (non-hydrogen) atoms. The molecule has 0 spiro atoms. The van der Waals surface area contributed by atoms with Crippen LogP contribution in [0.3, 0.4) is 0 Å². The van der Waals surface area contributed by atoms with Gasteiger partial charge in [-0.3, -0.25) is 4.90 Å². The fourth-order valence-electron chi connectivity index (χ4n) is 0.868.